The lowest BCUT2D eigenvalue weighted by molar-refractivity contribution is -0.117. The van der Waals surface area contributed by atoms with E-state index in [0.29, 0.717) is 36.6 Å². The van der Waals surface area contributed by atoms with Crippen molar-refractivity contribution in [1.29, 1.82) is 0 Å². The highest BCUT2D eigenvalue weighted by Crippen LogP contribution is 2.33. The Morgan fingerprint density at radius 3 is 2.77 bits per heavy atom. The number of aryl methyl sites for hydroxylation is 1. The number of pyridine rings is 1. The average Bonchev–Trinajstić information content (AvgIpc) is 3.06. The van der Waals surface area contributed by atoms with Gasteiger partial charge in [0.15, 0.2) is 0 Å². The standard InChI is InChI=1S/C19H21N3O4/c1-26-16-13-14(7-8-15(16)22-11-4-6-19(22)25)20-17(23)9-12-21-10-3-2-5-18(21)24/h2-3,5,7-8,10,13H,4,6,9,11-12H2,1H3,(H,20,23). The molecule has 1 aromatic heterocycles. The minimum absolute atomic E-state index is 0.0772. The van der Waals surface area contributed by atoms with Gasteiger partial charge in [0.25, 0.3) is 5.56 Å². The van der Waals surface area contributed by atoms with E-state index in [9.17, 15) is 14.4 Å². The number of hydrogen-bond acceptors (Lipinski definition) is 4. The highest BCUT2D eigenvalue weighted by Gasteiger charge is 2.24. The van der Waals surface area contributed by atoms with Crippen LogP contribution in [-0.4, -0.2) is 30.0 Å². The maximum Gasteiger partial charge on any atom is 0.250 e. The summed E-state index contributed by atoms with van der Waals surface area (Å²) in [5.41, 5.74) is 1.16. The number of hydrogen-bond donors (Lipinski definition) is 1. The summed E-state index contributed by atoms with van der Waals surface area (Å²) >= 11 is 0. The van der Waals surface area contributed by atoms with E-state index in [1.807, 2.05) is 0 Å². The lowest BCUT2D eigenvalue weighted by Crippen LogP contribution is -2.24. The maximum absolute atomic E-state index is 12.2. The van der Waals surface area contributed by atoms with Gasteiger partial charge in [-0.3, -0.25) is 14.4 Å². The average molecular weight is 355 g/mol. The van der Waals surface area contributed by atoms with Crippen molar-refractivity contribution in [2.24, 2.45) is 0 Å². The van der Waals surface area contributed by atoms with Gasteiger partial charge in [-0.25, -0.2) is 0 Å². The van der Waals surface area contributed by atoms with Crippen LogP contribution in [-0.2, 0) is 16.1 Å². The van der Waals surface area contributed by atoms with E-state index in [0.717, 1.165) is 6.42 Å². The molecule has 0 aliphatic carbocycles. The van der Waals surface area contributed by atoms with E-state index in [1.54, 1.807) is 41.4 Å². The number of carbonyl (C=O) groups excluding carboxylic acids is 2. The van der Waals surface area contributed by atoms with Crippen LogP contribution in [0.25, 0.3) is 0 Å². The Kier molecular flexibility index (Phi) is 5.36. The van der Waals surface area contributed by atoms with Crippen LogP contribution in [0.5, 0.6) is 5.75 Å². The molecule has 2 heterocycles. The molecular weight excluding hydrogens is 334 g/mol. The zero-order chi connectivity index (χ0) is 18.5. The number of aromatic nitrogens is 1. The first-order valence-electron chi connectivity index (χ1n) is 8.52. The summed E-state index contributed by atoms with van der Waals surface area (Å²) in [6.07, 6.45) is 3.21. The molecule has 1 N–H and O–H groups in total. The summed E-state index contributed by atoms with van der Waals surface area (Å²) in [6, 6.07) is 10.1. The fraction of sp³-hybridized carbons (Fsp3) is 0.316. The van der Waals surface area contributed by atoms with Crippen molar-refractivity contribution in [1.82, 2.24) is 4.57 Å². The molecule has 1 fully saturated rings. The predicted octanol–water partition coefficient (Wildman–Crippen LogP) is 2.01. The van der Waals surface area contributed by atoms with E-state index in [1.165, 1.54) is 17.7 Å². The van der Waals surface area contributed by atoms with Gasteiger partial charge in [0.2, 0.25) is 11.8 Å². The zero-order valence-electron chi connectivity index (χ0n) is 14.6. The van der Waals surface area contributed by atoms with Gasteiger partial charge in [0, 0.05) is 49.9 Å². The quantitative estimate of drug-likeness (QED) is 0.860. The van der Waals surface area contributed by atoms with Crippen molar-refractivity contribution in [2.75, 3.05) is 23.9 Å². The van der Waals surface area contributed by atoms with Crippen LogP contribution in [0.15, 0.2) is 47.4 Å². The molecule has 0 radical (unpaired) electrons. The number of rotatable bonds is 6. The second kappa shape index (κ2) is 7.86. The summed E-state index contributed by atoms with van der Waals surface area (Å²) in [5, 5.41) is 2.80. The molecule has 0 saturated carbocycles. The number of ether oxygens (including phenoxy) is 1. The van der Waals surface area contributed by atoms with Gasteiger partial charge in [-0.2, -0.15) is 0 Å². The van der Waals surface area contributed by atoms with Crippen LogP contribution in [0.4, 0.5) is 11.4 Å². The van der Waals surface area contributed by atoms with Crippen LogP contribution in [0, 0.1) is 0 Å². The molecule has 2 amide bonds. The van der Waals surface area contributed by atoms with Crippen LogP contribution in [0.1, 0.15) is 19.3 Å². The SMILES string of the molecule is COc1cc(NC(=O)CCn2ccccc2=O)ccc1N1CCCC1=O. The number of nitrogens with zero attached hydrogens (tertiary/aromatic N) is 2. The van der Waals surface area contributed by atoms with Gasteiger partial charge in [-0.1, -0.05) is 6.07 Å². The fourth-order valence-corrected chi connectivity index (χ4v) is 2.97. The van der Waals surface area contributed by atoms with Crippen LogP contribution in [0.2, 0.25) is 0 Å². The monoisotopic (exact) mass is 355 g/mol. The van der Waals surface area contributed by atoms with Crippen molar-refractivity contribution in [3.63, 3.8) is 0 Å². The number of amides is 2. The van der Waals surface area contributed by atoms with Gasteiger partial charge in [-0.05, 0) is 24.6 Å². The maximum atomic E-state index is 12.2. The molecule has 7 heteroatoms. The zero-order valence-corrected chi connectivity index (χ0v) is 14.6. The normalized spacial score (nSPS) is 13.7. The first kappa shape index (κ1) is 17.7. The molecule has 0 atom stereocenters. The summed E-state index contributed by atoms with van der Waals surface area (Å²) in [6.45, 7) is 0.982. The largest absolute Gasteiger partial charge is 0.494 e. The molecule has 26 heavy (non-hydrogen) atoms. The van der Waals surface area contributed by atoms with Crippen molar-refractivity contribution in [3.8, 4) is 5.75 Å². The van der Waals surface area contributed by atoms with Crippen LogP contribution in [0.3, 0.4) is 0 Å². The van der Waals surface area contributed by atoms with Gasteiger partial charge in [0.05, 0.1) is 12.8 Å². The second-order valence-corrected chi connectivity index (χ2v) is 6.07. The molecule has 0 spiro atoms. The lowest BCUT2D eigenvalue weighted by atomic mass is 10.2. The molecule has 0 unspecified atom stereocenters. The fourth-order valence-electron chi connectivity index (χ4n) is 2.97. The summed E-state index contributed by atoms with van der Waals surface area (Å²) in [4.78, 5) is 37.4. The Morgan fingerprint density at radius 2 is 2.08 bits per heavy atom. The number of nitrogens with one attached hydrogen (secondary N) is 1. The third kappa shape index (κ3) is 3.93. The van der Waals surface area contributed by atoms with Gasteiger partial charge in [-0.15, -0.1) is 0 Å². The molecule has 3 rings (SSSR count). The summed E-state index contributed by atoms with van der Waals surface area (Å²) in [7, 11) is 1.53. The predicted molar refractivity (Wildman–Crippen MR) is 98.5 cm³/mol. The van der Waals surface area contributed by atoms with E-state index >= 15 is 0 Å². The molecule has 1 aliphatic heterocycles. The molecule has 2 aromatic rings. The molecule has 1 saturated heterocycles. The molecule has 1 aromatic carbocycles. The molecule has 1 aliphatic rings. The van der Waals surface area contributed by atoms with Crippen molar-refractivity contribution in [3.05, 3.63) is 52.9 Å². The van der Waals surface area contributed by atoms with Crippen molar-refractivity contribution in [2.45, 2.75) is 25.8 Å². The lowest BCUT2D eigenvalue weighted by Gasteiger charge is -2.19. The Balaban J connectivity index is 1.66. The minimum atomic E-state index is -0.201. The van der Waals surface area contributed by atoms with Crippen LogP contribution >= 0.6 is 0 Å². The van der Waals surface area contributed by atoms with Gasteiger partial charge < -0.3 is 19.5 Å². The van der Waals surface area contributed by atoms with Crippen molar-refractivity contribution < 1.29 is 14.3 Å². The highest BCUT2D eigenvalue weighted by atomic mass is 16.5. The molecule has 136 valence electrons. The molecule has 7 nitrogen and oxygen atoms in total. The Bertz CT molecular complexity index is 875. The van der Waals surface area contributed by atoms with Gasteiger partial charge >= 0.3 is 0 Å². The number of methoxy groups -OCH3 is 1. The molecule has 0 bridgehead atoms. The number of anilines is 2. The number of carbonyl (C=O) groups is 2. The van der Waals surface area contributed by atoms with E-state index in [-0.39, 0.29) is 23.8 Å². The summed E-state index contributed by atoms with van der Waals surface area (Å²) in [5.74, 6) is 0.415. The topological polar surface area (TPSA) is 80.6 Å². The first-order valence-corrected chi connectivity index (χ1v) is 8.52. The summed E-state index contributed by atoms with van der Waals surface area (Å²) < 4.78 is 6.87. The first-order chi connectivity index (χ1) is 12.6. The van der Waals surface area contributed by atoms with Crippen LogP contribution < -0.4 is 20.5 Å². The Morgan fingerprint density at radius 1 is 1.23 bits per heavy atom. The highest BCUT2D eigenvalue weighted by molar-refractivity contribution is 5.97. The molecular formula is C19H21N3O4. The second-order valence-electron chi connectivity index (χ2n) is 6.07. The minimum Gasteiger partial charge on any atom is -0.494 e. The Labute approximate surface area is 151 Å². The Hall–Kier alpha value is -3.09. The van der Waals surface area contributed by atoms with E-state index in [4.69, 9.17) is 4.74 Å². The van der Waals surface area contributed by atoms with Gasteiger partial charge in [0.1, 0.15) is 5.75 Å². The van der Waals surface area contributed by atoms with Crippen molar-refractivity contribution >= 4 is 23.2 Å². The number of benzene rings is 1. The smallest absolute Gasteiger partial charge is 0.250 e. The third-order valence-corrected chi connectivity index (χ3v) is 4.31. The third-order valence-electron chi connectivity index (χ3n) is 4.31. The van der Waals surface area contributed by atoms with E-state index in [2.05, 4.69) is 5.32 Å². The van der Waals surface area contributed by atoms with E-state index < -0.39 is 0 Å².